The zero-order chi connectivity index (χ0) is 18.0. The van der Waals surface area contributed by atoms with Crippen LogP contribution in [-0.2, 0) is 6.54 Å². The van der Waals surface area contributed by atoms with Crippen molar-refractivity contribution in [3.05, 3.63) is 59.7 Å². The van der Waals surface area contributed by atoms with Gasteiger partial charge in [0.1, 0.15) is 5.69 Å². The molecule has 130 valence electrons. The summed E-state index contributed by atoms with van der Waals surface area (Å²) in [6.07, 6.45) is 1.75. The maximum Gasteiger partial charge on any atom is 0.388 e. The van der Waals surface area contributed by atoms with Gasteiger partial charge in [-0.1, -0.05) is 12.1 Å². The molecule has 0 saturated heterocycles. The Hall–Kier alpha value is -3.04. The average Bonchev–Trinajstić information content (AvgIpc) is 2.94. The third-order valence-corrected chi connectivity index (χ3v) is 3.15. The summed E-state index contributed by atoms with van der Waals surface area (Å²) >= 11 is 0. The molecule has 0 amide bonds. The SMILES string of the molecule is Fc1cnc(-c2cc(OC(F)F)n(Cc3cccc(F)c3F)n2)nc1. The summed E-state index contributed by atoms with van der Waals surface area (Å²) in [4.78, 5) is 7.36. The van der Waals surface area contributed by atoms with Crippen molar-refractivity contribution < 1.29 is 26.7 Å². The van der Waals surface area contributed by atoms with Gasteiger partial charge < -0.3 is 4.74 Å². The van der Waals surface area contributed by atoms with Gasteiger partial charge in [0.05, 0.1) is 18.9 Å². The molecule has 1 aromatic carbocycles. The Kier molecular flexibility index (Phi) is 4.59. The molecule has 0 aliphatic heterocycles. The normalized spacial score (nSPS) is 11.1. The lowest BCUT2D eigenvalue weighted by Crippen LogP contribution is -2.11. The van der Waals surface area contributed by atoms with Crippen LogP contribution in [0.2, 0.25) is 0 Å². The second-order valence-electron chi connectivity index (χ2n) is 4.84. The van der Waals surface area contributed by atoms with Crippen LogP contribution in [0, 0.1) is 17.5 Å². The Bertz CT molecular complexity index is 882. The van der Waals surface area contributed by atoms with Gasteiger partial charge in [-0.15, -0.1) is 0 Å². The van der Waals surface area contributed by atoms with Crippen LogP contribution in [0.5, 0.6) is 5.88 Å². The van der Waals surface area contributed by atoms with E-state index in [0.717, 1.165) is 29.2 Å². The lowest BCUT2D eigenvalue weighted by atomic mass is 10.2. The topological polar surface area (TPSA) is 52.8 Å². The minimum absolute atomic E-state index is 0.00691. The van der Waals surface area contributed by atoms with E-state index in [4.69, 9.17) is 0 Å². The number of hydrogen-bond acceptors (Lipinski definition) is 4. The fourth-order valence-electron chi connectivity index (χ4n) is 2.08. The third kappa shape index (κ3) is 3.73. The van der Waals surface area contributed by atoms with E-state index in [-0.39, 0.29) is 23.6 Å². The predicted octanol–water partition coefficient (Wildman–Crippen LogP) is 3.41. The van der Waals surface area contributed by atoms with Gasteiger partial charge >= 0.3 is 6.61 Å². The molecule has 0 unspecified atom stereocenters. The molecule has 0 radical (unpaired) electrons. The summed E-state index contributed by atoms with van der Waals surface area (Å²) in [6, 6.07) is 4.57. The highest BCUT2D eigenvalue weighted by Crippen LogP contribution is 2.24. The van der Waals surface area contributed by atoms with Gasteiger partial charge in [0.25, 0.3) is 0 Å². The summed E-state index contributed by atoms with van der Waals surface area (Å²) < 4.78 is 70.3. The third-order valence-electron chi connectivity index (χ3n) is 3.15. The molecule has 0 saturated carbocycles. The van der Waals surface area contributed by atoms with Crippen LogP contribution in [-0.4, -0.2) is 26.4 Å². The largest absolute Gasteiger partial charge is 0.417 e. The summed E-state index contributed by atoms with van der Waals surface area (Å²) in [5.74, 6) is -3.33. The summed E-state index contributed by atoms with van der Waals surface area (Å²) in [5, 5.41) is 3.95. The van der Waals surface area contributed by atoms with Crippen molar-refractivity contribution >= 4 is 0 Å². The van der Waals surface area contributed by atoms with E-state index >= 15 is 0 Å². The van der Waals surface area contributed by atoms with Crippen molar-refractivity contribution in [3.63, 3.8) is 0 Å². The molecule has 0 aliphatic rings. The molecule has 0 N–H and O–H groups in total. The molecule has 2 aromatic heterocycles. The Morgan fingerprint density at radius 3 is 2.48 bits per heavy atom. The van der Waals surface area contributed by atoms with E-state index in [1.165, 1.54) is 12.1 Å². The van der Waals surface area contributed by atoms with Crippen LogP contribution in [0.1, 0.15) is 5.56 Å². The second kappa shape index (κ2) is 6.83. The number of aromatic nitrogens is 4. The second-order valence-corrected chi connectivity index (χ2v) is 4.84. The van der Waals surface area contributed by atoms with Crippen molar-refractivity contribution in [2.75, 3.05) is 0 Å². The molecule has 3 aromatic rings. The van der Waals surface area contributed by atoms with Crippen molar-refractivity contribution in [2.45, 2.75) is 13.2 Å². The maximum absolute atomic E-state index is 13.8. The molecule has 25 heavy (non-hydrogen) atoms. The Morgan fingerprint density at radius 2 is 1.80 bits per heavy atom. The first-order chi connectivity index (χ1) is 11.9. The van der Waals surface area contributed by atoms with Crippen LogP contribution >= 0.6 is 0 Å². The smallest absolute Gasteiger partial charge is 0.388 e. The number of ether oxygens (including phenoxy) is 1. The van der Waals surface area contributed by atoms with Crippen LogP contribution in [0.3, 0.4) is 0 Å². The average molecular weight is 356 g/mol. The monoisotopic (exact) mass is 356 g/mol. The number of benzene rings is 1. The summed E-state index contributed by atoms with van der Waals surface area (Å²) in [5.41, 5.74) is -0.110. The lowest BCUT2D eigenvalue weighted by molar-refractivity contribution is -0.0556. The van der Waals surface area contributed by atoms with Gasteiger partial charge in [-0.25, -0.2) is 27.8 Å². The summed E-state index contributed by atoms with van der Waals surface area (Å²) in [7, 11) is 0. The standard InChI is InChI=1S/C15H9F5N4O/c16-9-5-21-14(22-6-9)11-4-12(25-15(19)20)24(23-11)7-8-2-1-3-10(17)13(8)18/h1-6,15H,7H2. The molecule has 0 fully saturated rings. The Balaban J connectivity index is 1.99. The fraction of sp³-hybridized carbons (Fsp3) is 0.133. The predicted molar refractivity (Wildman–Crippen MR) is 75.3 cm³/mol. The maximum atomic E-state index is 13.8. The van der Waals surface area contributed by atoms with E-state index in [0.29, 0.717) is 0 Å². The molecule has 0 spiro atoms. The van der Waals surface area contributed by atoms with E-state index in [1.807, 2.05) is 0 Å². The van der Waals surface area contributed by atoms with Crippen LogP contribution in [0.4, 0.5) is 22.0 Å². The number of nitrogens with zero attached hydrogens (tertiary/aromatic N) is 4. The van der Waals surface area contributed by atoms with Crippen molar-refractivity contribution in [2.24, 2.45) is 0 Å². The Morgan fingerprint density at radius 1 is 1.08 bits per heavy atom. The van der Waals surface area contributed by atoms with Crippen LogP contribution < -0.4 is 4.74 Å². The number of hydrogen-bond donors (Lipinski definition) is 0. The first kappa shape index (κ1) is 16.8. The van der Waals surface area contributed by atoms with E-state index < -0.39 is 29.9 Å². The van der Waals surface area contributed by atoms with Crippen molar-refractivity contribution in [3.8, 4) is 17.4 Å². The zero-order valence-corrected chi connectivity index (χ0v) is 12.3. The minimum atomic E-state index is -3.16. The molecule has 3 rings (SSSR count). The highest BCUT2D eigenvalue weighted by atomic mass is 19.3. The molecule has 0 atom stereocenters. The molecule has 0 bridgehead atoms. The summed E-state index contributed by atoms with van der Waals surface area (Å²) in [6.45, 7) is -3.53. The van der Waals surface area contributed by atoms with Crippen LogP contribution in [0.15, 0.2) is 36.7 Å². The first-order valence-corrected chi connectivity index (χ1v) is 6.87. The van der Waals surface area contributed by atoms with Crippen LogP contribution in [0.25, 0.3) is 11.5 Å². The van der Waals surface area contributed by atoms with Gasteiger partial charge in [-0.3, -0.25) is 0 Å². The highest BCUT2D eigenvalue weighted by molar-refractivity contribution is 5.50. The molecular weight excluding hydrogens is 347 g/mol. The van der Waals surface area contributed by atoms with Crippen molar-refractivity contribution in [1.82, 2.24) is 19.7 Å². The van der Waals surface area contributed by atoms with Gasteiger partial charge in [0, 0.05) is 11.6 Å². The number of halogens is 5. The zero-order valence-electron chi connectivity index (χ0n) is 12.3. The molecule has 0 aliphatic carbocycles. The fourth-order valence-corrected chi connectivity index (χ4v) is 2.08. The Labute approximate surface area is 137 Å². The molecule has 10 heteroatoms. The van der Waals surface area contributed by atoms with E-state index in [2.05, 4.69) is 19.8 Å². The minimum Gasteiger partial charge on any atom is -0.417 e. The lowest BCUT2D eigenvalue weighted by Gasteiger charge is -2.09. The van der Waals surface area contributed by atoms with E-state index in [1.54, 1.807) is 0 Å². The molecule has 5 nitrogen and oxygen atoms in total. The first-order valence-electron chi connectivity index (χ1n) is 6.87. The van der Waals surface area contributed by atoms with E-state index in [9.17, 15) is 22.0 Å². The quantitative estimate of drug-likeness (QED) is 0.658. The number of rotatable bonds is 5. The van der Waals surface area contributed by atoms with Gasteiger partial charge in [0.15, 0.2) is 23.3 Å². The van der Waals surface area contributed by atoms with Gasteiger partial charge in [-0.05, 0) is 6.07 Å². The molecular formula is C15H9F5N4O. The molecule has 2 heterocycles. The van der Waals surface area contributed by atoms with Crippen molar-refractivity contribution in [1.29, 1.82) is 0 Å². The highest BCUT2D eigenvalue weighted by Gasteiger charge is 2.18. The van der Waals surface area contributed by atoms with Gasteiger partial charge in [-0.2, -0.15) is 13.9 Å². The van der Waals surface area contributed by atoms with Gasteiger partial charge in [0.2, 0.25) is 5.88 Å². The number of alkyl halides is 2.